The minimum atomic E-state index is -0.0233. The van der Waals surface area contributed by atoms with Gasteiger partial charge in [-0.3, -0.25) is 4.79 Å². The topological polar surface area (TPSA) is 62.2 Å². The quantitative estimate of drug-likeness (QED) is 0.780. The molecule has 0 aliphatic carbocycles. The zero-order chi connectivity index (χ0) is 13.2. The van der Waals surface area contributed by atoms with Crippen LogP contribution in [0.2, 0.25) is 0 Å². The van der Waals surface area contributed by atoms with Crippen molar-refractivity contribution in [3.63, 3.8) is 0 Å². The minimum absolute atomic E-state index is 0.0233. The average molecular weight is 246 g/mol. The van der Waals surface area contributed by atoms with Crippen molar-refractivity contribution in [1.29, 1.82) is 0 Å². The summed E-state index contributed by atoms with van der Waals surface area (Å²) in [6.45, 7) is 2.10. The van der Waals surface area contributed by atoms with Gasteiger partial charge < -0.3 is 10.4 Å². The van der Waals surface area contributed by atoms with Crippen molar-refractivity contribution >= 4 is 11.7 Å². The summed E-state index contributed by atoms with van der Waals surface area (Å²) in [5.74, 6) is 6.22. The van der Waals surface area contributed by atoms with E-state index < -0.39 is 0 Å². The molecule has 1 aromatic heterocycles. The number of carbonyl (C=O) groups excluding carboxylic acids is 1. The monoisotopic (exact) mass is 246 g/mol. The van der Waals surface area contributed by atoms with E-state index in [2.05, 4.69) is 22.1 Å². The number of hydrogen-bond donors (Lipinski definition) is 2. The van der Waals surface area contributed by atoms with E-state index in [0.717, 1.165) is 18.4 Å². The largest absolute Gasteiger partial charge is 0.395 e. The van der Waals surface area contributed by atoms with E-state index in [1.165, 1.54) is 0 Å². The summed E-state index contributed by atoms with van der Waals surface area (Å²) < 4.78 is 0. The molecule has 18 heavy (non-hydrogen) atoms. The number of hydrogen-bond acceptors (Lipinski definition) is 3. The number of nitrogens with one attached hydrogen (secondary N) is 1. The van der Waals surface area contributed by atoms with Crippen LogP contribution in [0.3, 0.4) is 0 Å². The van der Waals surface area contributed by atoms with Gasteiger partial charge in [-0.2, -0.15) is 0 Å². The number of rotatable bonds is 5. The first-order chi connectivity index (χ1) is 8.76. The molecule has 0 saturated heterocycles. The van der Waals surface area contributed by atoms with Crippen LogP contribution >= 0.6 is 0 Å². The maximum absolute atomic E-state index is 11.5. The Bertz CT molecular complexity index is 447. The molecule has 0 aliphatic heterocycles. The van der Waals surface area contributed by atoms with Gasteiger partial charge in [0.15, 0.2) is 0 Å². The molecule has 1 amide bonds. The summed E-state index contributed by atoms with van der Waals surface area (Å²) in [5, 5.41) is 11.4. The Kier molecular flexibility index (Phi) is 6.52. The number of unbranched alkanes of at least 4 members (excludes halogenated alkanes) is 1. The Hall–Kier alpha value is -1.86. The van der Waals surface area contributed by atoms with Gasteiger partial charge in [-0.1, -0.05) is 25.2 Å². The van der Waals surface area contributed by atoms with Crippen LogP contribution in [0, 0.1) is 11.8 Å². The minimum Gasteiger partial charge on any atom is -0.395 e. The van der Waals surface area contributed by atoms with E-state index in [4.69, 9.17) is 5.11 Å². The molecular weight excluding hydrogens is 228 g/mol. The van der Waals surface area contributed by atoms with Crippen molar-refractivity contribution in [2.24, 2.45) is 0 Å². The number of nitrogens with zero attached hydrogens (tertiary/aromatic N) is 1. The molecule has 0 fully saturated rings. The Balaban J connectivity index is 2.60. The fourth-order valence-corrected chi connectivity index (χ4v) is 1.34. The Morgan fingerprint density at radius 3 is 3.11 bits per heavy atom. The number of aromatic nitrogens is 1. The van der Waals surface area contributed by atoms with E-state index >= 15 is 0 Å². The van der Waals surface area contributed by atoms with Gasteiger partial charge in [0.2, 0.25) is 5.91 Å². The predicted molar refractivity (Wildman–Crippen MR) is 71.0 cm³/mol. The summed E-state index contributed by atoms with van der Waals surface area (Å²) in [4.78, 5) is 15.6. The van der Waals surface area contributed by atoms with Crippen LogP contribution in [0.4, 0.5) is 5.82 Å². The van der Waals surface area contributed by atoms with E-state index in [1.54, 1.807) is 18.3 Å². The summed E-state index contributed by atoms with van der Waals surface area (Å²) >= 11 is 0. The third kappa shape index (κ3) is 5.46. The maximum atomic E-state index is 11.5. The summed E-state index contributed by atoms with van der Waals surface area (Å²) in [7, 11) is 0. The van der Waals surface area contributed by atoms with Crippen molar-refractivity contribution in [2.45, 2.75) is 32.6 Å². The zero-order valence-electron chi connectivity index (χ0n) is 10.6. The average Bonchev–Trinajstić information content (AvgIpc) is 2.37. The summed E-state index contributed by atoms with van der Waals surface area (Å²) in [5.41, 5.74) is 0.782. The van der Waals surface area contributed by atoms with Crippen LogP contribution in [0.1, 0.15) is 38.2 Å². The highest BCUT2D eigenvalue weighted by atomic mass is 16.2. The Morgan fingerprint density at radius 2 is 2.39 bits per heavy atom. The van der Waals surface area contributed by atoms with Gasteiger partial charge in [-0.25, -0.2) is 4.98 Å². The normalized spacial score (nSPS) is 9.44. The predicted octanol–water partition coefficient (Wildman–Crippen LogP) is 1.94. The molecule has 1 heterocycles. The molecule has 0 radical (unpaired) electrons. The number of anilines is 1. The third-order valence-corrected chi connectivity index (χ3v) is 2.25. The van der Waals surface area contributed by atoms with E-state index in [1.807, 2.05) is 6.92 Å². The molecular formula is C14H18N2O2. The van der Waals surface area contributed by atoms with Gasteiger partial charge in [-0.05, 0) is 18.6 Å². The highest BCUT2D eigenvalue weighted by molar-refractivity contribution is 5.89. The Morgan fingerprint density at radius 1 is 1.56 bits per heavy atom. The molecule has 2 N–H and O–H groups in total. The van der Waals surface area contributed by atoms with Crippen LogP contribution in [0.15, 0.2) is 18.3 Å². The first-order valence-corrected chi connectivity index (χ1v) is 6.12. The molecule has 0 atom stereocenters. The summed E-state index contributed by atoms with van der Waals surface area (Å²) in [6.07, 6.45) is 4.44. The SMILES string of the molecule is CCCCC(=O)Nc1cc(C#CCCO)ccn1. The molecule has 0 aliphatic rings. The van der Waals surface area contributed by atoms with Gasteiger partial charge in [-0.15, -0.1) is 0 Å². The molecule has 0 saturated carbocycles. The molecule has 4 nitrogen and oxygen atoms in total. The molecule has 1 rings (SSSR count). The van der Waals surface area contributed by atoms with Crippen molar-refractivity contribution in [1.82, 2.24) is 4.98 Å². The number of aliphatic hydroxyl groups is 1. The second-order valence-corrected chi connectivity index (χ2v) is 3.86. The first-order valence-electron chi connectivity index (χ1n) is 6.12. The van der Waals surface area contributed by atoms with Crippen molar-refractivity contribution in [3.8, 4) is 11.8 Å². The Labute approximate surface area is 107 Å². The number of amides is 1. The van der Waals surface area contributed by atoms with Crippen LogP contribution in [-0.2, 0) is 4.79 Å². The fourth-order valence-electron chi connectivity index (χ4n) is 1.34. The molecule has 0 aromatic carbocycles. The molecule has 0 unspecified atom stereocenters. The van der Waals surface area contributed by atoms with Crippen molar-refractivity contribution in [3.05, 3.63) is 23.9 Å². The van der Waals surface area contributed by atoms with E-state index in [-0.39, 0.29) is 12.5 Å². The fraction of sp³-hybridized carbons (Fsp3) is 0.429. The lowest BCUT2D eigenvalue weighted by Crippen LogP contribution is -2.12. The van der Waals surface area contributed by atoms with Crippen LogP contribution in [0.25, 0.3) is 0 Å². The lowest BCUT2D eigenvalue weighted by molar-refractivity contribution is -0.116. The standard InChI is InChI=1S/C14H18N2O2/c1-2-3-7-14(18)16-13-11-12(8-9-15-13)6-4-5-10-17/h8-9,11,17H,2-3,5,7,10H2,1H3,(H,15,16,18). The second-order valence-electron chi connectivity index (χ2n) is 3.86. The van der Waals surface area contributed by atoms with Gasteiger partial charge in [0.05, 0.1) is 6.61 Å². The second kappa shape index (κ2) is 8.26. The van der Waals surface area contributed by atoms with Crippen molar-refractivity contribution < 1.29 is 9.90 Å². The first kappa shape index (κ1) is 14.2. The molecule has 1 aromatic rings. The molecule has 0 bridgehead atoms. The molecule has 4 heteroatoms. The van der Waals surface area contributed by atoms with Gasteiger partial charge >= 0.3 is 0 Å². The van der Waals surface area contributed by atoms with E-state index in [9.17, 15) is 4.79 Å². The van der Waals surface area contributed by atoms with Crippen LogP contribution < -0.4 is 5.32 Å². The highest BCUT2D eigenvalue weighted by Gasteiger charge is 2.02. The van der Waals surface area contributed by atoms with Gasteiger partial charge in [0.25, 0.3) is 0 Å². The molecule has 0 spiro atoms. The van der Waals surface area contributed by atoms with Crippen LogP contribution in [0.5, 0.6) is 0 Å². The number of carbonyl (C=O) groups is 1. The number of pyridine rings is 1. The molecule has 96 valence electrons. The van der Waals surface area contributed by atoms with Crippen LogP contribution in [-0.4, -0.2) is 22.6 Å². The van der Waals surface area contributed by atoms with E-state index in [0.29, 0.717) is 18.7 Å². The third-order valence-electron chi connectivity index (χ3n) is 2.25. The van der Waals surface area contributed by atoms with Gasteiger partial charge in [0, 0.05) is 24.6 Å². The highest BCUT2D eigenvalue weighted by Crippen LogP contribution is 2.07. The summed E-state index contributed by atoms with van der Waals surface area (Å²) in [6, 6.07) is 3.50. The maximum Gasteiger partial charge on any atom is 0.225 e. The lowest BCUT2D eigenvalue weighted by Gasteiger charge is -2.03. The zero-order valence-corrected chi connectivity index (χ0v) is 10.6. The van der Waals surface area contributed by atoms with Crippen molar-refractivity contribution in [2.75, 3.05) is 11.9 Å². The number of aliphatic hydroxyl groups excluding tert-OH is 1. The smallest absolute Gasteiger partial charge is 0.225 e. The lowest BCUT2D eigenvalue weighted by atomic mass is 10.2. The van der Waals surface area contributed by atoms with Gasteiger partial charge in [0.1, 0.15) is 5.82 Å².